The van der Waals surface area contributed by atoms with Gasteiger partial charge in [-0.2, -0.15) is 5.26 Å². The van der Waals surface area contributed by atoms with Gasteiger partial charge < -0.3 is 14.8 Å². The molecule has 0 saturated carbocycles. The molecule has 1 aromatic carbocycles. The number of carbonyl (C=O) groups is 2. The van der Waals surface area contributed by atoms with Crippen molar-refractivity contribution in [2.24, 2.45) is 0 Å². The van der Waals surface area contributed by atoms with Gasteiger partial charge in [0.1, 0.15) is 6.04 Å². The molecule has 0 radical (unpaired) electrons. The van der Waals surface area contributed by atoms with E-state index in [0.717, 1.165) is 0 Å². The van der Waals surface area contributed by atoms with Gasteiger partial charge in [0.25, 0.3) is 5.91 Å². The Bertz CT molecular complexity index is 539. The van der Waals surface area contributed by atoms with E-state index in [9.17, 15) is 9.59 Å². The monoisotopic (exact) mass is 318 g/mol. The second kappa shape index (κ2) is 10.4. The first kappa shape index (κ1) is 18.7. The molecule has 0 spiro atoms. The van der Waals surface area contributed by atoms with Crippen LogP contribution in [0.2, 0.25) is 0 Å². The smallest absolute Gasteiger partial charge is 0.328 e. The van der Waals surface area contributed by atoms with E-state index in [-0.39, 0.29) is 0 Å². The third-order valence-corrected chi connectivity index (χ3v) is 3.41. The van der Waals surface area contributed by atoms with E-state index in [1.165, 1.54) is 14.2 Å². The largest absolute Gasteiger partial charge is 0.467 e. The highest BCUT2D eigenvalue weighted by Gasteiger charge is 2.26. The molecule has 0 aliphatic heterocycles. The third-order valence-electron chi connectivity index (χ3n) is 3.41. The van der Waals surface area contributed by atoms with Crippen molar-refractivity contribution in [1.29, 1.82) is 5.26 Å². The number of nitriles is 1. The zero-order valence-electron chi connectivity index (χ0n) is 13.5. The Kier molecular flexibility index (Phi) is 8.40. The van der Waals surface area contributed by atoms with Crippen LogP contribution in [0.3, 0.4) is 0 Å². The molecule has 1 rings (SSSR count). The summed E-state index contributed by atoms with van der Waals surface area (Å²) in [6.07, 6.45) is 1.38. The lowest BCUT2D eigenvalue weighted by molar-refractivity contribution is -0.147. The van der Waals surface area contributed by atoms with E-state index in [2.05, 4.69) is 11.4 Å². The van der Waals surface area contributed by atoms with E-state index in [0.29, 0.717) is 31.2 Å². The molecule has 23 heavy (non-hydrogen) atoms. The first-order valence-electron chi connectivity index (χ1n) is 7.47. The van der Waals surface area contributed by atoms with Crippen molar-refractivity contribution in [1.82, 2.24) is 5.32 Å². The van der Waals surface area contributed by atoms with Crippen LogP contribution in [-0.2, 0) is 19.1 Å². The highest BCUT2D eigenvalue weighted by molar-refractivity contribution is 5.87. The molecule has 2 atom stereocenters. The third kappa shape index (κ3) is 6.09. The van der Waals surface area contributed by atoms with E-state index >= 15 is 0 Å². The van der Waals surface area contributed by atoms with Crippen molar-refractivity contribution in [3.05, 3.63) is 35.9 Å². The maximum atomic E-state index is 12.4. The Morgan fingerprint density at radius 1 is 1.22 bits per heavy atom. The summed E-state index contributed by atoms with van der Waals surface area (Å²) in [5, 5.41) is 11.2. The van der Waals surface area contributed by atoms with Gasteiger partial charge in [-0.05, 0) is 24.8 Å². The predicted molar refractivity (Wildman–Crippen MR) is 84.2 cm³/mol. The summed E-state index contributed by atoms with van der Waals surface area (Å²) in [4.78, 5) is 24.2. The Morgan fingerprint density at radius 2 is 1.91 bits per heavy atom. The number of benzene rings is 1. The van der Waals surface area contributed by atoms with E-state index in [1.807, 2.05) is 18.2 Å². The Labute approximate surface area is 136 Å². The van der Waals surface area contributed by atoms with Gasteiger partial charge in [-0.15, -0.1) is 0 Å². The molecule has 0 aromatic heterocycles. The standard InChI is InChI=1S/C17H22N2O4/c1-22-15(13-9-5-3-6-10-13)16(20)19-14(17(21)23-2)11-7-4-8-12-18/h3,5-6,9-10,14-15H,4,7-8,11H2,1-2H3,(H,19,20)/t14-,15-/m1/s1. The average Bonchev–Trinajstić information content (AvgIpc) is 2.58. The van der Waals surface area contributed by atoms with Crippen molar-refractivity contribution >= 4 is 11.9 Å². The molecule has 1 amide bonds. The number of unbranched alkanes of at least 4 members (excludes halogenated alkanes) is 2. The van der Waals surface area contributed by atoms with Gasteiger partial charge in [0.15, 0.2) is 6.10 Å². The van der Waals surface area contributed by atoms with Gasteiger partial charge in [0.05, 0.1) is 13.2 Å². The molecule has 0 heterocycles. The molecule has 0 fully saturated rings. The fourth-order valence-corrected chi connectivity index (χ4v) is 2.21. The van der Waals surface area contributed by atoms with Gasteiger partial charge >= 0.3 is 5.97 Å². The minimum atomic E-state index is -0.789. The molecule has 1 aromatic rings. The molecule has 0 aliphatic carbocycles. The van der Waals surface area contributed by atoms with Crippen LogP contribution in [0.25, 0.3) is 0 Å². The van der Waals surface area contributed by atoms with E-state index in [1.54, 1.807) is 12.1 Å². The molecule has 0 aliphatic rings. The van der Waals surface area contributed by atoms with Crippen LogP contribution in [0.1, 0.15) is 37.4 Å². The summed E-state index contributed by atoms with van der Waals surface area (Å²) in [6.45, 7) is 0. The molecule has 6 nitrogen and oxygen atoms in total. The summed E-state index contributed by atoms with van der Waals surface area (Å²) in [5.41, 5.74) is 0.709. The highest BCUT2D eigenvalue weighted by atomic mass is 16.5. The minimum Gasteiger partial charge on any atom is -0.467 e. The number of nitrogens with zero attached hydrogens (tertiary/aromatic N) is 1. The SMILES string of the molecule is COC(=O)[C@@H](CCCCC#N)NC(=O)[C@H](OC)c1ccccc1. The quantitative estimate of drug-likeness (QED) is 0.556. The zero-order chi connectivity index (χ0) is 17.1. The van der Waals surface area contributed by atoms with E-state index < -0.39 is 24.0 Å². The Morgan fingerprint density at radius 3 is 2.48 bits per heavy atom. The molecule has 0 unspecified atom stereocenters. The maximum absolute atomic E-state index is 12.4. The first-order chi connectivity index (χ1) is 11.1. The molecule has 1 N–H and O–H groups in total. The topological polar surface area (TPSA) is 88.4 Å². The second-order valence-electron chi connectivity index (χ2n) is 5.01. The van der Waals surface area contributed by atoms with Crippen LogP contribution >= 0.6 is 0 Å². The van der Waals surface area contributed by atoms with Crippen molar-refractivity contribution in [3.8, 4) is 6.07 Å². The van der Waals surface area contributed by atoms with Crippen molar-refractivity contribution in [2.75, 3.05) is 14.2 Å². The van der Waals surface area contributed by atoms with Crippen LogP contribution in [0.4, 0.5) is 0 Å². The lowest BCUT2D eigenvalue weighted by Gasteiger charge is -2.20. The Hall–Kier alpha value is -2.39. The number of ether oxygens (including phenoxy) is 2. The van der Waals surface area contributed by atoms with Crippen LogP contribution in [0.5, 0.6) is 0 Å². The number of rotatable bonds is 9. The van der Waals surface area contributed by atoms with Crippen molar-refractivity contribution in [2.45, 2.75) is 37.8 Å². The minimum absolute atomic E-state index is 0.394. The van der Waals surface area contributed by atoms with Crippen LogP contribution < -0.4 is 5.32 Å². The lowest BCUT2D eigenvalue weighted by atomic mass is 10.1. The molecule has 0 saturated heterocycles. The van der Waals surface area contributed by atoms with Crippen LogP contribution in [-0.4, -0.2) is 32.1 Å². The molecular weight excluding hydrogens is 296 g/mol. The lowest BCUT2D eigenvalue weighted by Crippen LogP contribution is -2.44. The summed E-state index contributed by atoms with van der Waals surface area (Å²) in [5.74, 6) is -0.896. The number of hydrogen-bond donors (Lipinski definition) is 1. The first-order valence-corrected chi connectivity index (χ1v) is 7.47. The fraction of sp³-hybridized carbons (Fsp3) is 0.471. The highest BCUT2D eigenvalue weighted by Crippen LogP contribution is 2.17. The maximum Gasteiger partial charge on any atom is 0.328 e. The van der Waals surface area contributed by atoms with Gasteiger partial charge in [-0.3, -0.25) is 4.79 Å². The molecule has 6 heteroatoms. The van der Waals surface area contributed by atoms with Gasteiger partial charge in [-0.1, -0.05) is 30.3 Å². The zero-order valence-corrected chi connectivity index (χ0v) is 13.5. The average molecular weight is 318 g/mol. The van der Waals surface area contributed by atoms with Gasteiger partial charge in [0.2, 0.25) is 0 Å². The Balaban J connectivity index is 2.71. The molecular formula is C17H22N2O4. The molecule has 0 bridgehead atoms. The summed E-state index contributed by atoms with van der Waals surface area (Å²) < 4.78 is 9.98. The number of methoxy groups -OCH3 is 2. The van der Waals surface area contributed by atoms with Crippen LogP contribution in [0.15, 0.2) is 30.3 Å². The van der Waals surface area contributed by atoms with Crippen molar-refractivity contribution in [3.63, 3.8) is 0 Å². The number of esters is 1. The number of nitrogens with one attached hydrogen (secondary N) is 1. The normalized spacial score (nSPS) is 12.7. The summed E-state index contributed by atoms with van der Waals surface area (Å²) >= 11 is 0. The summed E-state index contributed by atoms with van der Waals surface area (Å²) in [6, 6.07) is 10.4. The van der Waals surface area contributed by atoms with Crippen LogP contribution in [0, 0.1) is 11.3 Å². The van der Waals surface area contributed by atoms with Gasteiger partial charge in [-0.25, -0.2) is 4.79 Å². The van der Waals surface area contributed by atoms with Crippen molar-refractivity contribution < 1.29 is 19.1 Å². The number of carbonyl (C=O) groups excluding carboxylic acids is 2. The predicted octanol–water partition coefficient (Wildman–Crippen LogP) is 2.12. The van der Waals surface area contributed by atoms with E-state index in [4.69, 9.17) is 14.7 Å². The molecule has 124 valence electrons. The second-order valence-corrected chi connectivity index (χ2v) is 5.01. The number of hydrogen-bond acceptors (Lipinski definition) is 5. The fourth-order valence-electron chi connectivity index (χ4n) is 2.21. The number of amides is 1. The van der Waals surface area contributed by atoms with Gasteiger partial charge in [0, 0.05) is 13.5 Å². The summed E-state index contributed by atoms with van der Waals surface area (Å²) in [7, 11) is 2.72.